The number of likely N-dealkylation sites (tertiary alicyclic amines) is 1. The molecule has 0 amide bonds. The highest BCUT2D eigenvalue weighted by molar-refractivity contribution is 4.98. The summed E-state index contributed by atoms with van der Waals surface area (Å²) in [5.41, 5.74) is 0.101. The number of nitrogens with zero attached hydrogens (tertiary/aromatic N) is 1. The molecule has 3 heteroatoms. The van der Waals surface area contributed by atoms with E-state index in [0.29, 0.717) is 12.0 Å². The molecule has 1 aliphatic heterocycles. The van der Waals surface area contributed by atoms with Gasteiger partial charge in [0.2, 0.25) is 0 Å². The summed E-state index contributed by atoms with van der Waals surface area (Å²) >= 11 is 0. The lowest BCUT2D eigenvalue weighted by molar-refractivity contribution is 0.0200. The van der Waals surface area contributed by atoms with Crippen LogP contribution in [0.15, 0.2) is 0 Å². The molecule has 1 N–H and O–H groups in total. The van der Waals surface area contributed by atoms with Crippen molar-refractivity contribution in [1.29, 1.82) is 0 Å². The Bertz CT molecular complexity index is 242. The summed E-state index contributed by atoms with van der Waals surface area (Å²) in [6, 6.07) is 0.386. The summed E-state index contributed by atoms with van der Waals surface area (Å²) in [5, 5.41) is 10.3. The van der Waals surface area contributed by atoms with E-state index in [1.807, 2.05) is 0 Å². The monoisotopic (exact) mass is 227 g/mol. The van der Waals surface area contributed by atoms with Crippen molar-refractivity contribution in [3.63, 3.8) is 0 Å². The Kier molecular flexibility index (Phi) is 3.57. The summed E-state index contributed by atoms with van der Waals surface area (Å²) in [6.45, 7) is 7.46. The first-order valence-electron chi connectivity index (χ1n) is 6.45. The van der Waals surface area contributed by atoms with Crippen molar-refractivity contribution in [2.45, 2.75) is 45.3 Å². The first kappa shape index (κ1) is 12.3. The van der Waals surface area contributed by atoms with Gasteiger partial charge in [0.15, 0.2) is 0 Å². The van der Waals surface area contributed by atoms with Crippen LogP contribution < -0.4 is 0 Å². The van der Waals surface area contributed by atoms with E-state index in [2.05, 4.69) is 18.7 Å². The van der Waals surface area contributed by atoms with Crippen LogP contribution in [-0.4, -0.2) is 49.0 Å². The van der Waals surface area contributed by atoms with Crippen molar-refractivity contribution in [1.82, 2.24) is 4.90 Å². The Morgan fingerprint density at radius 3 is 2.69 bits per heavy atom. The fraction of sp³-hybridized carbons (Fsp3) is 1.00. The van der Waals surface area contributed by atoms with E-state index in [1.54, 1.807) is 7.11 Å². The summed E-state index contributed by atoms with van der Waals surface area (Å²) in [4.78, 5) is 2.48. The molecule has 0 bridgehead atoms. The van der Waals surface area contributed by atoms with Crippen LogP contribution >= 0.6 is 0 Å². The quantitative estimate of drug-likeness (QED) is 0.793. The lowest BCUT2D eigenvalue weighted by atomic mass is 9.88. The summed E-state index contributed by atoms with van der Waals surface area (Å²) in [7, 11) is 1.77. The normalized spacial score (nSPS) is 39.4. The Morgan fingerprint density at radius 2 is 2.12 bits per heavy atom. The molecule has 0 aromatic rings. The maximum absolute atomic E-state index is 10.3. The molecule has 2 rings (SSSR count). The van der Waals surface area contributed by atoms with Gasteiger partial charge in [0.05, 0.1) is 12.7 Å². The van der Waals surface area contributed by atoms with Crippen LogP contribution in [0.3, 0.4) is 0 Å². The number of rotatable bonds is 3. The largest absolute Gasteiger partial charge is 0.391 e. The number of methoxy groups -OCH3 is 1. The van der Waals surface area contributed by atoms with Gasteiger partial charge in [-0.05, 0) is 37.1 Å². The van der Waals surface area contributed by atoms with E-state index in [4.69, 9.17) is 4.74 Å². The second-order valence-corrected chi connectivity index (χ2v) is 6.14. The third-order valence-corrected chi connectivity index (χ3v) is 4.44. The Labute approximate surface area is 98.8 Å². The zero-order valence-corrected chi connectivity index (χ0v) is 10.8. The first-order valence-corrected chi connectivity index (χ1v) is 6.45. The van der Waals surface area contributed by atoms with Crippen molar-refractivity contribution >= 4 is 0 Å². The smallest absolute Gasteiger partial charge is 0.0746 e. The van der Waals surface area contributed by atoms with Crippen molar-refractivity contribution in [2.24, 2.45) is 11.3 Å². The highest BCUT2D eigenvalue weighted by Crippen LogP contribution is 2.41. The minimum Gasteiger partial charge on any atom is -0.391 e. The van der Waals surface area contributed by atoms with Gasteiger partial charge in [-0.15, -0.1) is 0 Å². The van der Waals surface area contributed by atoms with E-state index in [-0.39, 0.29) is 11.5 Å². The lowest BCUT2D eigenvalue weighted by Gasteiger charge is -2.31. The van der Waals surface area contributed by atoms with Gasteiger partial charge >= 0.3 is 0 Å². The average molecular weight is 227 g/mol. The number of aliphatic hydroxyl groups is 1. The average Bonchev–Trinajstić information content (AvgIpc) is 2.75. The van der Waals surface area contributed by atoms with E-state index < -0.39 is 0 Å². The molecular weight excluding hydrogens is 202 g/mol. The molecule has 0 spiro atoms. The van der Waals surface area contributed by atoms with Crippen LogP contribution in [-0.2, 0) is 4.74 Å². The molecule has 94 valence electrons. The molecule has 1 heterocycles. The minimum atomic E-state index is -0.159. The van der Waals surface area contributed by atoms with Crippen molar-refractivity contribution < 1.29 is 9.84 Å². The van der Waals surface area contributed by atoms with Gasteiger partial charge in [0.25, 0.3) is 0 Å². The summed E-state index contributed by atoms with van der Waals surface area (Å²) in [6.07, 6.45) is 3.35. The fourth-order valence-electron chi connectivity index (χ4n) is 3.26. The van der Waals surface area contributed by atoms with Crippen LogP contribution in [0.1, 0.15) is 33.1 Å². The topological polar surface area (TPSA) is 32.7 Å². The second-order valence-electron chi connectivity index (χ2n) is 6.14. The Hall–Kier alpha value is -0.120. The summed E-state index contributed by atoms with van der Waals surface area (Å²) in [5.74, 6) is 0.668. The van der Waals surface area contributed by atoms with Gasteiger partial charge in [0.1, 0.15) is 0 Å². The number of ether oxygens (including phenoxy) is 1. The molecule has 0 aromatic heterocycles. The van der Waals surface area contributed by atoms with Gasteiger partial charge in [-0.1, -0.05) is 13.8 Å². The summed E-state index contributed by atoms with van der Waals surface area (Å²) < 4.78 is 5.22. The SMILES string of the molecule is COCC1CCN(C2CCC(C)(C)C2O)C1. The molecule has 0 aromatic carbocycles. The fourth-order valence-corrected chi connectivity index (χ4v) is 3.26. The molecule has 1 aliphatic carbocycles. The highest BCUT2D eigenvalue weighted by Gasteiger charge is 2.44. The second kappa shape index (κ2) is 4.63. The zero-order valence-electron chi connectivity index (χ0n) is 10.8. The predicted molar refractivity (Wildman–Crippen MR) is 64.4 cm³/mol. The van der Waals surface area contributed by atoms with E-state index in [0.717, 1.165) is 32.5 Å². The maximum atomic E-state index is 10.3. The van der Waals surface area contributed by atoms with Gasteiger partial charge in [-0.25, -0.2) is 0 Å². The Morgan fingerprint density at radius 1 is 1.38 bits per heavy atom. The van der Waals surface area contributed by atoms with E-state index in [1.165, 1.54) is 6.42 Å². The first-order chi connectivity index (χ1) is 7.54. The van der Waals surface area contributed by atoms with Crippen molar-refractivity contribution in [2.75, 3.05) is 26.8 Å². The third kappa shape index (κ3) is 2.27. The zero-order chi connectivity index (χ0) is 11.8. The Balaban J connectivity index is 1.91. The standard InChI is InChI=1S/C13H25NO2/c1-13(2)6-4-11(12(13)15)14-7-5-10(8-14)9-16-3/h10-12,15H,4-9H2,1-3H3. The number of hydrogen-bond acceptors (Lipinski definition) is 3. The molecule has 2 aliphatic rings. The minimum absolute atomic E-state index is 0.101. The predicted octanol–water partition coefficient (Wildman–Crippen LogP) is 1.50. The van der Waals surface area contributed by atoms with E-state index >= 15 is 0 Å². The molecule has 3 nitrogen and oxygen atoms in total. The van der Waals surface area contributed by atoms with Crippen LogP contribution in [0.4, 0.5) is 0 Å². The molecular formula is C13H25NO2. The van der Waals surface area contributed by atoms with Gasteiger partial charge < -0.3 is 9.84 Å². The number of hydrogen-bond donors (Lipinski definition) is 1. The molecule has 1 saturated carbocycles. The third-order valence-electron chi connectivity index (χ3n) is 4.44. The lowest BCUT2D eigenvalue weighted by Crippen LogP contribution is -2.43. The van der Waals surface area contributed by atoms with Gasteiger partial charge in [-0.3, -0.25) is 4.90 Å². The maximum Gasteiger partial charge on any atom is 0.0746 e. The van der Waals surface area contributed by atoms with Gasteiger partial charge in [-0.2, -0.15) is 0 Å². The molecule has 3 atom stereocenters. The van der Waals surface area contributed by atoms with Gasteiger partial charge in [0, 0.05) is 19.7 Å². The van der Waals surface area contributed by atoms with Crippen molar-refractivity contribution in [3.05, 3.63) is 0 Å². The molecule has 1 saturated heterocycles. The van der Waals surface area contributed by atoms with Crippen LogP contribution in [0, 0.1) is 11.3 Å². The molecule has 16 heavy (non-hydrogen) atoms. The van der Waals surface area contributed by atoms with E-state index in [9.17, 15) is 5.11 Å². The van der Waals surface area contributed by atoms with Crippen LogP contribution in [0.25, 0.3) is 0 Å². The highest BCUT2D eigenvalue weighted by atomic mass is 16.5. The van der Waals surface area contributed by atoms with Crippen LogP contribution in [0.2, 0.25) is 0 Å². The van der Waals surface area contributed by atoms with Crippen LogP contribution in [0.5, 0.6) is 0 Å². The van der Waals surface area contributed by atoms with Crippen molar-refractivity contribution in [3.8, 4) is 0 Å². The number of aliphatic hydroxyl groups excluding tert-OH is 1. The molecule has 2 fully saturated rings. The molecule has 3 unspecified atom stereocenters. The molecule has 0 radical (unpaired) electrons.